The number of halogens is 1. The number of para-hydroxylation sites is 1. The first-order valence-electron chi connectivity index (χ1n) is 8.37. The second-order valence-corrected chi connectivity index (χ2v) is 7.00. The van der Waals surface area contributed by atoms with Crippen molar-refractivity contribution in [1.29, 1.82) is 0 Å². The van der Waals surface area contributed by atoms with Gasteiger partial charge in [0.1, 0.15) is 11.9 Å². The fraction of sp³-hybridized carbons (Fsp3) is 0.200. The topological polar surface area (TPSA) is 71.2 Å². The number of hydrogen-bond donors (Lipinski definition) is 2. The number of carbonyl (C=O) groups excluding carboxylic acids is 2. The van der Waals surface area contributed by atoms with E-state index in [2.05, 4.69) is 10.3 Å². The van der Waals surface area contributed by atoms with Gasteiger partial charge in [-0.3, -0.25) is 4.79 Å². The largest absolute Gasteiger partial charge is 0.467 e. The van der Waals surface area contributed by atoms with E-state index in [1.54, 1.807) is 12.1 Å². The second kappa shape index (κ2) is 8.73. The molecule has 0 bridgehead atoms. The number of hydrogen-bond acceptors (Lipinski definition) is 4. The zero-order chi connectivity index (χ0) is 19.2. The number of thioether (sulfide) groups is 1. The summed E-state index contributed by atoms with van der Waals surface area (Å²) in [4.78, 5) is 28.3. The molecule has 1 amide bonds. The number of carbonyl (C=O) groups is 2. The molecule has 140 valence electrons. The van der Waals surface area contributed by atoms with Gasteiger partial charge in [0.25, 0.3) is 0 Å². The molecule has 27 heavy (non-hydrogen) atoms. The Balaban J connectivity index is 1.65. The molecule has 1 aromatic heterocycles. The van der Waals surface area contributed by atoms with Gasteiger partial charge in [-0.15, -0.1) is 11.8 Å². The van der Waals surface area contributed by atoms with Crippen molar-refractivity contribution in [2.45, 2.75) is 17.4 Å². The van der Waals surface area contributed by atoms with E-state index in [-0.39, 0.29) is 17.5 Å². The number of methoxy groups -OCH3 is 1. The maximum atomic E-state index is 12.9. The van der Waals surface area contributed by atoms with Gasteiger partial charge in [0.15, 0.2) is 0 Å². The van der Waals surface area contributed by atoms with E-state index >= 15 is 0 Å². The van der Waals surface area contributed by atoms with Crippen LogP contribution in [0.4, 0.5) is 4.39 Å². The normalized spacial score (nSPS) is 11.9. The zero-order valence-corrected chi connectivity index (χ0v) is 15.5. The average molecular weight is 386 g/mol. The van der Waals surface area contributed by atoms with Crippen molar-refractivity contribution in [1.82, 2.24) is 10.3 Å². The number of H-pyrrole nitrogens is 1. The lowest BCUT2D eigenvalue weighted by Crippen LogP contribution is -2.43. The SMILES string of the molecule is COC(=O)[C@@H](Cc1c[nH]c2ccccc12)NC(=O)CSc1ccc(F)cc1. The molecule has 3 rings (SSSR count). The van der Waals surface area contributed by atoms with Gasteiger partial charge in [-0.1, -0.05) is 18.2 Å². The first kappa shape index (κ1) is 19.0. The molecule has 2 aromatic carbocycles. The van der Waals surface area contributed by atoms with Gasteiger partial charge in [-0.05, 0) is 35.9 Å². The van der Waals surface area contributed by atoms with E-state index in [1.807, 2.05) is 30.5 Å². The van der Waals surface area contributed by atoms with Gasteiger partial charge in [0.05, 0.1) is 12.9 Å². The van der Waals surface area contributed by atoms with Crippen molar-refractivity contribution >= 4 is 34.5 Å². The number of fused-ring (bicyclic) bond motifs is 1. The van der Waals surface area contributed by atoms with Gasteiger partial charge >= 0.3 is 5.97 Å². The highest BCUT2D eigenvalue weighted by atomic mass is 32.2. The number of esters is 1. The molecule has 1 heterocycles. The Morgan fingerprint density at radius 2 is 1.93 bits per heavy atom. The molecule has 0 saturated heterocycles. The molecule has 0 aliphatic rings. The molecule has 3 aromatic rings. The van der Waals surface area contributed by atoms with Crippen LogP contribution in [-0.2, 0) is 20.7 Å². The molecule has 0 aliphatic heterocycles. The van der Waals surface area contributed by atoms with Crippen molar-refractivity contribution in [2.75, 3.05) is 12.9 Å². The van der Waals surface area contributed by atoms with Gasteiger partial charge in [0, 0.05) is 28.4 Å². The molecule has 5 nitrogen and oxygen atoms in total. The number of amides is 1. The van der Waals surface area contributed by atoms with Crippen molar-refractivity contribution in [2.24, 2.45) is 0 Å². The maximum Gasteiger partial charge on any atom is 0.328 e. The Bertz CT molecular complexity index is 940. The summed E-state index contributed by atoms with van der Waals surface area (Å²) in [7, 11) is 1.30. The lowest BCUT2D eigenvalue weighted by atomic mass is 10.0. The molecular formula is C20H19FN2O3S. The molecule has 2 N–H and O–H groups in total. The Hall–Kier alpha value is -2.80. The lowest BCUT2D eigenvalue weighted by Gasteiger charge is -2.16. The third-order valence-corrected chi connectivity index (χ3v) is 5.12. The van der Waals surface area contributed by atoms with E-state index in [0.29, 0.717) is 6.42 Å². The monoisotopic (exact) mass is 386 g/mol. The van der Waals surface area contributed by atoms with Crippen LogP contribution in [0.15, 0.2) is 59.6 Å². The summed E-state index contributed by atoms with van der Waals surface area (Å²) < 4.78 is 17.8. The lowest BCUT2D eigenvalue weighted by molar-refractivity contribution is -0.144. The van der Waals surface area contributed by atoms with Crippen molar-refractivity contribution < 1.29 is 18.7 Å². The predicted octanol–water partition coefficient (Wildman–Crippen LogP) is 3.30. The fourth-order valence-electron chi connectivity index (χ4n) is 2.77. The van der Waals surface area contributed by atoms with Crippen LogP contribution in [0.3, 0.4) is 0 Å². The summed E-state index contributed by atoms with van der Waals surface area (Å²) in [5, 5.41) is 3.73. The number of ether oxygens (including phenoxy) is 1. The molecule has 1 atom stereocenters. The number of aromatic amines is 1. The first-order chi connectivity index (χ1) is 13.1. The van der Waals surface area contributed by atoms with Gasteiger partial charge in [0.2, 0.25) is 5.91 Å². The summed E-state index contributed by atoms with van der Waals surface area (Å²) in [5.41, 5.74) is 1.89. The number of nitrogens with one attached hydrogen (secondary N) is 2. The van der Waals surface area contributed by atoms with Crippen molar-refractivity contribution in [3.63, 3.8) is 0 Å². The molecule has 0 fully saturated rings. The van der Waals surface area contributed by atoms with Gasteiger partial charge in [-0.25, -0.2) is 9.18 Å². The third-order valence-electron chi connectivity index (χ3n) is 4.10. The van der Waals surface area contributed by atoms with Crippen LogP contribution in [0.25, 0.3) is 10.9 Å². The summed E-state index contributed by atoms with van der Waals surface area (Å²) in [6.45, 7) is 0. The van der Waals surface area contributed by atoms with Gasteiger partial charge < -0.3 is 15.0 Å². The van der Waals surface area contributed by atoms with Crippen LogP contribution in [0.5, 0.6) is 0 Å². The first-order valence-corrected chi connectivity index (χ1v) is 9.36. The Kier molecular flexibility index (Phi) is 6.13. The quantitative estimate of drug-likeness (QED) is 0.483. The van der Waals surface area contributed by atoms with Crippen LogP contribution < -0.4 is 5.32 Å². The number of rotatable bonds is 7. The highest BCUT2D eigenvalue weighted by molar-refractivity contribution is 8.00. The zero-order valence-electron chi connectivity index (χ0n) is 14.7. The van der Waals surface area contributed by atoms with Crippen LogP contribution in [-0.4, -0.2) is 35.8 Å². The molecule has 7 heteroatoms. The molecule has 0 spiro atoms. The van der Waals surface area contributed by atoms with E-state index in [9.17, 15) is 14.0 Å². The minimum Gasteiger partial charge on any atom is -0.467 e. The summed E-state index contributed by atoms with van der Waals surface area (Å²) in [6.07, 6.45) is 2.16. The predicted molar refractivity (Wildman–Crippen MR) is 103 cm³/mol. The Morgan fingerprint density at radius 3 is 2.67 bits per heavy atom. The number of aromatic nitrogens is 1. The van der Waals surface area contributed by atoms with E-state index in [0.717, 1.165) is 21.4 Å². The summed E-state index contributed by atoms with van der Waals surface area (Å²) in [6, 6.07) is 12.9. The standard InChI is InChI=1S/C20H19FN2O3S/c1-26-20(25)18(10-13-11-22-17-5-3-2-4-16(13)17)23-19(24)12-27-15-8-6-14(21)7-9-15/h2-9,11,18,22H,10,12H2,1H3,(H,23,24)/t18-/m1/s1. The number of benzene rings is 2. The van der Waals surface area contributed by atoms with Crippen LogP contribution in [0.2, 0.25) is 0 Å². The molecule has 0 unspecified atom stereocenters. The fourth-order valence-corrected chi connectivity index (χ4v) is 3.48. The van der Waals surface area contributed by atoms with Gasteiger partial charge in [-0.2, -0.15) is 0 Å². The van der Waals surface area contributed by atoms with Crippen LogP contribution in [0, 0.1) is 5.82 Å². The minimum atomic E-state index is -0.782. The molecule has 0 saturated carbocycles. The molecule has 0 aliphatic carbocycles. The maximum absolute atomic E-state index is 12.9. The average Bonchev–Trinajstić information content (AvgIpc) is 3.09. The highest BCUT2D eigenvalue weighted by Crippen LogP contribution is 2.20. The van der Waals surface area contributed by atoms with E-state index in [1.165, 1.54) is 31.0 Å². The smallest absolute Gasteiger partial charge is 0.328 e. The van der Waals surface area contributed by atoms with E-state index in [4.69, 9.17) is 4.74 Å². The van der Waals surface area contributed by atoms with Crippen molar-refractivity contribution in [3.05, 3.63) is 66.1 Å². The minimum absolute atomic E-state index is 0.118. The highest BCUT2D eigenvalue weighted by Gasteiger charge is 2.23. The van der Waals surface area contributed by atoms with Crippen LogP contribution in [0.1, 0.15) is 5.56 Å². The van der Waals surface area contributed by atoms with Crippen molar-refractivity contribution in [3.8, 4) is 0 Å². The Labute approximate surface area is 160 Å². The molecule has 0 radical (unpaired) electrons. The third kappa shape index (κ3) is 4.89. The van der Waals surface area contributed by atoms with E-state index < -0.39 is 12.0 Å². The summed E-state index contributed by atoms with van der Waals surface area (Å²) >= 11 is 1.27. The second-order valence-electron chi connectivity index (χ2n) is 5.95. The van der Waals surface area contributed by atoms with Crippen LogP contribution >= 0.6 is 11.8 Å². The summed E-state index contributed by atoms with van der Waals surface area (Å²) in [5.74, 6) is -0.999. The Morgan fingerprint density at radius 1 is 1.19 bits per heavy atom. The molecular weight excluding hydrogens is 367 g/mol.